The maximum absolute atomic E-state index is 12.2. The van der Waals surface area contributed by atoms with Gasteiger partial charge in [0.05, 0.1) is 18.0 Å². The first-order chi connectivity index (χ1) is 10.7. The van der Waals surface area contributed by atoms with Crippen molar-refractivity contribution in [2.75, 3.05) is 5.32 Å². The number of carbonyl (C=O) groups excluding carboxylic acids is 1. The fraction of sp³-hybridized carbons (Fsp3) is 0.188. The summed E-state index contributed by atoms with van der Waals surface area (Å²) in [6.45, 7) is 4.67. The minimum absolute atomic E-state index is 0.193. The number of carbonyl (C=O) groups is 1. The Balaban J connectivity index is 1.83. The molecule has 1 aromatic carbocycles. The summed E-state index contributed by atoms with van der Waals surface area (Å²) < 4.78 is 7.04. The monoisotopic (exact) mass is 296 g/mol. The van der Waals surface area contributed by atoms with E-state index >= 15 is 0 Å². The van der Waals surface area contributed by atoms with Crippen LogP contribution in [-0.2, 0) is 6.54 Å². The summed E-state index contributed by atoms with van der Waals surface area (Å²) in [4.78, 5) is 16.4. The molecule has 6 nitrogen and oxygen atoms in total. The van der Waals surface area contributed by atoms with Gasteiger partial charge in [0, 0.05) is 24.0 Å². The van der Waals surface area contributed by atoms with Crippen LogP contribution in [0.1, 0.15) is 22.8 Å². The standard InChI is InChI=1S/C16H16N4O2/c1-3-20-10-12(9-18-20)15(21)19-13-5-4-11(2)14(8-13)16-17-6-7-22-16/h4-10H,3H2,1-2H3,(H,19,21). The van der Waals surface area contributed by atoms with E-state index in [1.807, 2.05) is 32.0 Å². The fourth-order valence-corrected chi connectivity index (χ4v) is 2.14. The Hall–Kier alpha value is -2.89. The predicted octanol–water partition coefficient (Wildman–Crippen LogP) is 3.12. The molecule has 0 aliphatic rings. The van der Waals surface area contributed by atoms with Crippen LogP contribution in [0.3, 0.4) is 0 Å². The van der Waals surface area contributed by atoms with E-state index in [0.29, 0.717) is 17.1 Å². The second-order valence-corrected chi connectivity index (χ2v) is 4.91. The molecule has 22 heavy (non-hydrogen) atoms. The van der Waals surface area contributed by atoms with Crippen LogP contribution in [0.5, 0.6) is 0 Å². The van der Waals surface area contributed by atoms with Gasteiger partial charge in [0.15, 0.2) is 0 Å². The Morgan fingerprint density at radius 3 is 2.95 bits per heavy atom. The molecule has 3 aromatic rings. The van der Waals surface area contributed by atoms with Gasteiger partial charge in [-0.3, -0.25) is 9.48 Å². The van der Waals surface area contributed by atoms with E-state index in [2.05, 4.69) is 15.4 Å². The lowest BCUT2D eigenvalue weighted by Crippen LogP contribution is -2.11. The van der Waals surface area contributed by atoms with Gasteiger partial charge in [-0.2, -0.15) is 5.10 Å². The largest absolute Gasteiger partial charge is 0.445 e. The molecule has 3 rings (SSSR count). The smallest absolute Gasteiger partial charge is 0.258 e. The van der Waals surface area contributed by atoms with E-state index in [4.69, 9.17) is 4.42 Å². The highest BCUT2D eigenvalue weighted by Gasteiger charge is 2.11. The van der Waals surface area contributed by atoms with E-state index < -0.39 is 0 Å². The lowest BCUT2D eigenvalue weighted by atomic mass is 10.1. The summed E-state index contributed by atoms with van der Waals surface area (Å²) in [6.07, 6.45) is 6.40. The highest BCUT2D eigenvalue weighted by Crippen LogP contribution is 2.25. The average Bonchev–Trinajstić information content (AvgIpc) is 3.20. The molecule has 0 unspecified atom stereocenters. The van der Waals surface area contributed by atoms with Gasteiger partial charge < -0.3 is 9.73 Å². The lowest BCUT2D eigenvalue weighted by molar-refractivity contribution is 0.102. The fourth-order valence-electron chi connectivity index (χ4n) is 2.14. The zero-order chi connectivity index (χ0) is 15.5. The third-order valence-corrected chi connectivity index (χ3v) is 3.38. The normalized spacial score (nSPS) is 10.6. The highest BCUT2D eigenvalue weighted by atomic mass is 16.3. The first-order valence-electron chi connectivity index (χ1n) is 7.01. The first-order valence-corrected chi connectivity index (χ1v) is 7.01. The SMILES string of the molecule is CCn1cc(C(=O)Nc2ccc(C)c(-c3ncco3)c2)cn1. The van der Waals surface area contributed by atoms with Crippen LogP contribution in [0, 0.1) is 6.92 Å². The number of nitrogens with one attached hydrogen (secondary N) is 1. The number of rotatable bonds is 4. The van der Waals surface area contributed by atoms with Crippen LogP contribution >= 0.6 is 0 Å². The number of nitrogens with zero attached hydrogens (tertiary/aromatic N) is 3. The third kappa shape index (κ3) is 2.76. The minimum atomic E-state index is -0.193. The van der Waals surface area contributed by atoms with E-state index in [1.54, 1.807) is 23.3 Å². The first kappa shape index (κ1) is 14.1. The Morgan fingerprint density at radius 1 is 1.41 bits per heavy atom. The van der Waals surface area contributed by atoms with E-state index in [9.17, 15) is 4.79 Å². The number of oxazole rings is 1. The van der Waals surface area contributed by atoms with Gasteiger partial charge in [-0.15, -0.1) is 0 Å². The molecule has 6 heteroatoms. The van der Waals surface area contributed by atoms with E-state index in [1.165, 1.54) is 6.26 Å². The molecule has 0 bridgehead atoms. The molecule has 0 aliphatic carbocycles. The number of anilines is 1. The predicted molar refractivity (Wildman–Crippen MR) is 82.5 cm³/mol. The summed E-state index contributed by atoms with van der Waals surface area (Å²) in [5.41, 5.74) is 3.10. The highest BCUT2D eigenvalue weighted by molar-refractivity contribution is 6.04. The number of aryl methyl sites for hydroxylation is 2. The molecule has 0 spiro atoms. The van der Waals surface area contributed by atoms with Crippen molar-refractivity contribution in [2.45, 2.75) is 20.4 Å². The van der Waals surface area contributed by atoms with Crippen LogP contribution in [0.4, 0.5) is 5.69 Å². The van der Waals surface area contributed by atoms with Crippen LogP contribution < -0.4 is 5.32 Å². The van der Waals surface area contributed by atoms with Crippen LogP contribution in [-0.4, -0.2) is 20.7 Å². The van der Waals surface area contributed by atoms with Crippen molar-refractivity contribution >= 4 is 11.6 Å². The van der Waals surface area contributed by atoms with Crippen LogP contribution in [0.15, 0.2) is 47.5 Å². The van der Waals surface area contributed by atoms with Gasteiger partial charge in [0.1, 0.15) is 6.26 Å². The topological polar surface area (TPSA) is 73.0 Å². The quantitative estimate of drug-likeness (QED) is 0.802. The molecule has 0 atom stereocenters. The lowest BCUT2D eigenvalue weighted by Gasteiger charge is -2.07. The van der Waals surface area contributed by atoms with Gasteiger partial charge >= 0.3 is 0 Å². The number of hydrogen-bond donors (Lipinski definition) is 1. The summed E-state index contributed by atoms with van der Waals surface area (Å²) in [7, 11) is 0. The molecule has 2 heterocycles. The van der Waals surface area contributed by atoms with Crippen molar-refractivity contribution in [3.8, 4) is 11.5 Å². The van der Waals surface area contributed by atoms with E-state index in [0.717, 1.165) is 17.7 Å². The number of benzene rings is 1. The molecule has 0 fully saturated rings. The summed E-state index contributed by atoms with van der Waals surface area (Å²) in [5.74, 6) is 0.342. The number of hydrogen-bond acceptors (Lipinski definition) is 4. The van der Waals surface area contributed by atoms with E-state index in [-0.39, 0.29) is 5.91 Å². The van der Waals surface area contributed by atoms with Crippen LogP contribution in [0.2, 0.25) is 0 Å². The van der Waals surface area contributed by atoms with Gasteiger partial charge in [0.2, 0.25) is 5.89 Å². The second kappa shape index (κ2) is 5.85. The Labute approximate surface area is 127 Å². The molecular formula is C16H16N4O2. The maximum Gasteiger partial charge on any atom is 0.258 e. The average molecular weight is 296 g/mol. The van der Waals surface area contributed by atoms with Crippen molar-refractivity contribution in [3.63, 3.8) is 0 Å². The Bertz CT molecular complexity index is 790. The van der Waals surface area contributed by atoms with Crippen molar-refractivity contribution in [1.82, 2.24) is 14.8 Å². The maximum atomic E-state index is 12.2. The van der Waals surface area contributed by atoms with Gasteiger partial charge in [-0.1, -0.05) is 6.07 Å². The zero-order valence-electron chi connectivity index (χ0n) is 12.4. The molecule has 2 aromatic heterocycles. The van der Waals surface area contributed by atoms with Crippen molar-refractivity contribution in [2.24, 2.45) is 0 Å². The van der Waals surface area contributed by atoms with Crippen molar-refractivity contribution < 1.29 is 9.21 Å². The molecule has 1 N–H and O–H groups in total. The third-order valence-electron chi connectivity index (χ3n) is 3.38. The molecule has 0 saturated carbocycles. The molecule has 0 radical (unpaired) electrons. The summed E-state index contributed by atoms with van der Waals surface area (Å²) in [6, 6.07) is 5.62. The summed E-state index contributed by atoms with van der Waals surface area (Å²) in [5, 5.41) is 6.96. The molecule has 0 aliphatic heterocycles. The van der Waals surface area contributed by atoms with Crippen molar-refractivity contribution in [3.05, 3.63) is 54.2 Å². The van der Waals surface area contributed by atoms with Crippen LogP contribution in [0.25, 0.3) is 11.5 Å². The Morgan fingerprint density at radius 2 is 2.27 bits per heavy atom. The minimum Gasteiger partial charge on any atom is -0.445 e. The van der Waals surface area contributed by atoms with Gasteiger partial charge in [-0.25, -0.2) is 4.98 Å². The molecular weight excluding hydrogens is 280 g/mol. The molecule has 112 valence electrons. The Kier molecular flexibility index (Phi) is 3.74. The number of amides is 1. The molecule has 0 saturated heterocycles. The van der Waals surface area contributed by atoms with Gasteiger partial charge in [0.25, 0.3) is 5.91 Å². The zero-order valence-corrected chi connectivity index (χ0v) is 12.4. The molecule has 1 amide bonds. The second-order valence-electron chi connectivity index (χ2n) is 4.91. The van der Waals surface area contributed by atoms with Gasteiger partial charge in [-0.05, 0) is 31.5 Å². The van der Waals surface area contributed by atoms with Crippen molar-refractivity contribution in [1.29, 1.82) is 0 Å². The number of aromatic nitrogens is 3. The summed E-state index contributed by atoms with van der Waals surface area (Å²) >= 11 is 0.